The van der Waals surface area contributed by atoms with E-state index in [4.69, 9.17) is 4.42 Å². The van der Waals surface area contributed by atoms with Crippen LogP contribution in [0.3, 0.4) is 0 Å². The average Bonchev–Trinajstić information content (AvgIpc) is 3.41. The average molecular weight is 384 g/mol. The Morgan fingerprint density at radius 1 is 1.11 bits per heavy atom. The normalized spacial score (nSPS) is 19.5. The second kappa shape index (κ2) is 7.78. The van der Waals surface area contributed by atoms with Gasteiger partial charge >= 0.3 is 0 Å². The van der Waals surface area contributed by atoms with Crippen LogP contribution in [0.4, 0.5) is 4.39 Å². The molecule has 4 rings (SSSR count). The third-order valence-corrected chi connectivity index (χ3v) is 6.17. The molecule has 0 atom stereocenters. The summed E-state index contributed by atoms with van der Waals surface area (Å²) in [4.78, 5) is 27.4. The SMILES string of the molecule is O=C(c1ccoc1)N1CCC(NC(=O)C2(c3ccccc3F)CCCC2)CC1. The number of hydrogen-bond donors (Lipinski definition) is 1. The van der Waals surface area contributed by atoms with E-state index in [1.54, 1.807) is 29.2 Å². The number of benzene rings is 1. The minimum Gasteiger partial charge on any atom is -0.472 e. The molecule has 2 heterocycles. The van der Waals surface area contributed by atoms with E-state index in [-0.39, 0.29) is 23.7 Å². The van der Waals surface area contributed by atoms with Gasteiger partial charge in [-0.05, 0) is 37.8 Å². The number of nitrogens with zero attached hydrogens (tertiary/aromatic N) is 1. The summed E-state index contributed by atoms with van der Waals surface area (Å²) in [6.07, 6.45) is 7.55. The van der Waals surface area contributed by atoms with Gasteiger partial charge in [-0.1, -0.05) is 31.0 Å². The van der Waals surface area contributed by atoms with E-state index in [1.807, 2.05) is 0 Å². The molecule has 6 heteroatoms. The Labute approximate surface area is 163 Å². The van der Waals surface area contributed by atoms with Gasteiger partial charge in [0, 0.05) is 24.7 Å². The standard InChI is InChI=1S/C22H25FN2O3/c23-19-6-2-1-5-18(19)22(10-3-4-11-22)21(27)24-17-7-12-25(13-8-17)20(26)16-9-14-28-15-16/h1-2,5-6,9,14-15,17H,3-4,7-8,10-13H2,(H,24,27). The van der Waals surface area contributed by atoms with Crippen LogP contribution in [0.25, 0.3) is 0 Å². The van der Waals surface area contributed by atoms with Crippen LogP contribution in [0, 0.1) is 5.82 Å². The number of likely N-dealkylation sites (tertiary alicyclic amines) is 1. The highest BCUT2D eigenvalue weighted by Crippen LogP contribution is 2.42. The van der Waals surface area contributed by atoms with Gasteiger partial charge in [0.05, 0.1) is 17.2 Å². The van der Waals surface area contributed by atoms with Crippen LogP contribution < -0.4 is 5.32 Å². The molecule has 1 saturated carbocycles. The van der Waals surface area contributed by atoms with Crippen LogP contribution >= 0.6 is 0 Å². The highest BCUT2D eigenvalue weighted by Gasteiger charge is 2.45. The van der Waals surface area contributed by atoms with Crippen molar-refractivity contribution in [3.05, 3.63) is 59.8 Å². The maximum absolute atomic E-state index is 14.5. The second-order valence-electron chi connectivity index (χ2n) is 7.82. The number of carbonyl (C=O) groups excluding carboxylic acids is 2. The monoisotopic (exact) mass is 384 g/mol. The largest absolute Gasteiger partial charge is 0.472 e. The predicted octanol–water partition coefficient (Wildman–Crippen LogP) is 3.65. The molecular formula is C22H25FN2O3. The summed E-state index contributed by atoms with van der Waals surface area (Å²) >= 11 is 0. The summed E-state index contributed by atoms with van der Waals surface area (Å²) < 4.78 is 19.5. The minimum absolute atomic E-state index is 0.00477. The van der Waals surface area contributed by atoms with Gasteiger partial charge < -0.3 is 14.6 Å². The molecule has 2 amide bonds. The van der Waals surface area contributed by atoms with E-state index < -0.39 is 5.41 Å². The quantitative estimate of drug-likeness (QED) is 0.875. The van der Waals surface area contributed by atoms with Crippen molar-refractivity contribution < 1.29 is 18.4 Å². The van der Waals surface area contributed by atoms with Crippen molar-refractivity contribution in [3.8, 4) is 0 Å². The first-order chi connectivity index (χ1) is 13.6. The number of nitrogens with one attached hydrogen (secondary N) is 1. The molecule has 0 spiro atoms. The van der Waals surface area contributed by atoms with Gasteiger partial charge in [-0.2, -0.15) is 0 Å². The number of hydrogen-bond acceptors (Lipinski definition) is 3. The van der Waals surface area contributed by atoms with Crippen LogP contribution in [0.15, 0.2) is 47.3 Å². The minimum atomic E-state index is -0.769. The van der Waals surface area contributed by atoms with Gasteiger partial charge in [0.1, 0.15) is 12.1 Å². The molecule has 0 bridgehead atoms. The zero-order chi connectivity index (χ0) is 19.6. The lowest BCUT2D eigenvalue weighted by Crippen LogP contribution is -2.51. The lowest BCUT2D eigenvalue weighted by molar-refractivity contribution is -0.127. The highest BCUT2D eigenvalue weighted by molar-refractivity contribution is 5.94. The molecule has 1 aliphatic carbocycles. The lowest BCUT2D eigenvalue weighted by Gasteiger charge is -2.35. The van der Waals surface area contributed by atoms with Crippen molar-refractivity contribution in [2.45, 2.75) is 50.0 Å². The van der Waals surface area contributed by atoms with Gasteiger partial charge in [-0.15, -0.1) is 0 Å². The molecule has 1 saturated heterocycles. The molecule has 28 heavy (non-hydrogen) atoms. The maximum Gasteiger partial charge on any atom is 0.257 e. The molecular weight excluding hydrogens is 359 g/mol. The Balaban J connectivity index is 1.41. The molecule has 1 aromatic heterocycles. The Hall–Kier alpha value is -2.63. The Bertz CT molecular complexity index is 835. The number of carbonyl (C=O) groups is 2. The number of furan rings is 1. The fourth-order valence-electron chi connectivity index (χ4n) is 4.57. The van der Waals surface area contributed by atoms with E-state index in [0.29, 0.717) is 49.9 Å². The first-order valence-electron chi connectivity index (χ1n) is 9.98. The number of piperidine rings is 1. The number of rotatable bonds is 4. The Morgan fingerprint density at radius 3 is 2.46 bits per heavy atom. The predicted molar refractivity (Wildman–Crippen MR) is 102 cm³/mol. The molecule has 2 aliphatic rings. The summed E-state index contributed by atoms with van der Waals surface area (Å²) in [5.74, 6) is -0.424. The summed E-state index contributed by atoms with van der Waals surface area (Å²) in [6.45, 7) is 1.17. The van der Waals surface area contributed by atoms with E-state index in [1.165, 1.54) is 18.6 Å². The molecule has 1 aromatic carbocycles. The van der Waals surface area contributed by atoms with Crippen molar-refractivity contribution in [2.75, 3.05) is 13.1 Å². The molecule has 0 unspecified atom stereocenters. The fourth-order valence-corrected chi connectivity index (χ4v) is 4.57. The zero-order valence-corrected chi connectivity index (χ0v) is 15.8. The van der Waals surface area contributed by atoms with Crippen molar-refractivity contribution in [1.82, 2.24) is 10.2 Å². The van der Waals surface area contributed by atoms with Gasteiger partial charge in [-0.3, -0.25) is 9.59 Å². The summed E-state index contributed by atoms with van der Waals surface area (Å²) in [5, 5.41) is 3.16. The fraction of sp³-hybridized carbons (Fsp3) is 0.455. The topological polar surface area (TPSA) is 62.6 Å². The van der Waals surface area contributed by atoms with Crippen LogP contribution in [0.5, 0.6) is 0 Å². The zero-order valence-electron chi connectivity index (χ0n) is 15.8. The summed E-state index contributed by atoms with van der Waals surface area (Å²) in [6, 6.07) is 8.30. The van der Waals surface area contributed by atoms with Crippen LogP contribution in [-0.2, 0) is 10.2 Å². The van der Waals surface area contributed by atoms with Gasteiger partial charge in [-0.25, -0.2) is 4.39 Å². The summed E-state index contributed by atoms with van der Waals surface area (Å²) in [7, 11) is 0. The van der Waals surface area contributed by atoms with Crippen LogP contribution in [0.2, 0.25) is 0 Å². The van der Waals surface area contributed by atoms with Crippen LogP contribution in [0.1, 0.15) is 54.4 Å². The molecule has 2 aromatic rings. The first-order valence-corrected chi connectivity index (χ1v) is 9.98. The Morgan fingerprint density at radius 2 is 1.82 bits per heavy atom. The van der Waals surface area contributed by atoms with Gasteiger partial charge in [0.15, 0.2) is 0 Å². The van der Waals surface area contributed by atoms with E-state index in [9.17, 15) is 14.0 Å². The molecule has 1 N–H and O–H groups in total. The third-order valence-electron chi connectivity index (χ3n) is 6.17. The third kappa shape index (κ3) is 3.43. The van der Waals surface area contributed by atoms with Gasteiger partial charge in [0.2, 0.25) is 5.91 Å². The smallest absolute Gasteiger partial charge is 0.257 e. The maximum atomic E-state index is 14.5. The summed E-state index contributed by atoms with van der Waals surface area (Å²) in [5.41, 5.74) is 0.291. The second-order valence-corrected chi connectivity index (χ2v) is 7.82. The molecule has 0 radical (unpaired) electrons. The van der Waals surface area contributed by atoms with Crippen LogP contribution in [-0.4, -0.2) is 35.8 Å². The van der Waals surface area contributed by atoms with E-state index >= 15 is 0 Å². The van der Waals surface area contributed by atoms with Gasteiger partial charge in [0.25, 0.3) is 5.91 Å². The highest BCUT2D eigenvalue weighted by atomic mass is 19.1. The van der Waals surface area contributed by atoms with Crippen molar-refractivity contribution in [1.29, 1.82) is 0 Å². The van der Waals surface area contributed by atoms with E-state index in [0.717, 1.165) is 12.8 Å². The number of halogens is 1. The molecule has 148 valence electrons. The molecule has 5 nitrogen and oxygen atoms in total. The first kappa shape index (κ1) is 18.7. The molecule has 1 aliphatic heterocycles. The van der Waals surface area contributed by atoms with Crippen molar-refractivity contribution in [2.24, 2.45) is 0 Å². The van der Waals surface area contributed by atoms with E-state index in [2.05, 4.69) is 5.32 Å². The Kier molecular flexibility index (Phi) is 5.20. The molecule has 2 fully saturated rings. The lowest BCUT2D eigenvalue weighted by atomic mass is 9.77. The van der Waals surface area contributed by atoms with Crippen molar-refractivity contribution >= 4 is 11.8 Å². The van der Waals surface area contributed by atoms with Crippen molar-refractivity contribution in [3.63, 3.8) is 0 Å². The number of amides is 2.